The molecule has 1 aromatic carbocycles. The van der Waals surface area contributed by atoms with Crippen molar-refractivity contribution in [2.45, 2.75) is 26.6 Å². The van der Waals surface area contributed by atoms with Crippen LogP contribution in [0.1, 0.15) is 33.0 Å². The summed E-state index contributed by atoms with van der Waals surface area (Å²) in [5, 5.41) is 12.2. The Morgan fingerprint density at radius 3 is 2.62 bits per heavy atom. The van der Waals surface area contributed by atoms with Gasteiger partial charge < -0.3 is 19.6 Å². The van der Waals surface area contributed by atoms with Crippen LogP contribution in [0.15, 0.2) is 34.7 Å². The Bertz CT molecular complexity index is 618. The number of aromatic carboxylic acids is 1. The number of carbonyl (C=O) groups is 1. The molecular weight excluding hydrogens is 270 g/mol. The van der Waals surface area contributed by atoms with E-state index in [1.165, 1.54) is 0 Å². The topological polar surface area (TPSA) is 71.7 Å². The molecule has 0 aliphatic heterocycles. The number of benzene rings is 1. The van der Waals surface area contributed by atoms with Gasteiger partial charge in [0.25, 0.3) is 0 Å². The SMILES string of the molecule is COCc1ccccc1CNCc1cc(C)c(C(=O)O)o1. The first-order chi connectivity index (χ1) is 10.1. The number of carboxylic acids is 1. The summed E-state index contributed by atoms with van der Waals surface area (Å²) in [7, 11) is 1.67. The molecule has 0 bridgehead atoms. The third-order valence-electron chi connectivity index (χ3n) is 3.20. The lowest BCUT2D eigenvalue weighted by Crippen LogP contribution is -2.13. The zero-order valence-electron chi connectivity index (χ0n) is 12.2. The highest BCUT2D eigenvalue weighted by atomic mass is 16.5. The molecule has 2 aromatic rings. The summed E-state index contributed by atoms with van der Waals surface area (Å²) in [6, 6.07) is 9.78. The third kappa shape index (κ3) is 3.93. The molecule has 0 amide bonds. The van der Waals surface area contributed by atoms with Gasteiger partial charge in [-0.15, -0.1) is 0 Å². The fraction of sp³-hybridized carbons (Fsp3) is 0.312. The van der Waals surface area contributed by atoms with Crippen LogP contribution in [0.3, 0.4) is 0 Å². The molecule has 0 atom stereocenters. The molecule has 21 heavy (non-hydrogen) atoms. The van der Waals surface area contributed by atoms with Crippen LogP contribution in [0.4, 0.5) is 0 Å². The molecule has 0 fully saturated rings. The first kappa shape index (κ1) is 15.3. The highest BCUT2D eigenvalue weighted by Crippen LogP contribution is 2.15. The minimum Gasteiger partial charge on any atom is -0.475 e. The van der Waals surface area contributed by atoms with Crippen molar-refractivity contribution in [1.82, 2.24) is 5.32 Å². The Hall–Kier alpha value is -2.11. The molecule has 1 heterocycles. The zero-order valence-corrected chi connectivity index (χ0v) is 12.2. The van der Waals surface area contributed by atoms with E-state index in [0.29, 0.717) is 31.0 Å². The number of methoxy groups -OCH3 is 1. The van der Waals surface area contributed by atoms with E-state index in [9.17, 15) is 4.79 Å². The standard InChI is InChI=1S/C16H19NO4/c1-11-7-14(21-15(11)16(18)19)9-17-8-12-5-3-4-6-13(12)10-20-2/h3-7,17H,8-10H2,1-2H3,(H,18,19). The van der Waals surface area contributed by atoms with Gasteiger partial charge in [0.05, 0.1) is 13.2 Å². The van der Waals surface area contributed by atoms with Gasteiger partial charge in [-0.2, -0.15) is 0 Å². The van der Waals surface area contributed by atoms with E-state index in [-0.39, 0.29) is 5.76 Å². The quantitative estimate of drug-likeness (QED) is 0.820. The number of rotatable bonds is 7. The van der Waals surface area contributed by atoms with E-state index in [2.05, 4.69) is 5.32 Å². The van der Waals surface area contributed by atoms with Crippen molar-refractivity contribution in [3.8, 4) is 0 Å². The summed E-state index contributed by atoms with van der Waals surface area (Å²) >= 11 is 0. The fourth-order valence-electron chi connectivity index (χ4n) is 2.19. The van der Waals surface area contributed by atoms with Crippen LogP contribution in [-0.4, -0.2) is 18.2 Å². The van der Waals surface area contributed by atoms with Gasteiger partial charge >= 0.3 is 5.97 Å². The molecule has 0 saturated carbocycles. The second-order valence-corrected chi connectivity index (χ2v) is 4.84. The fourth-order valence-corrected chi connectivity index (χ4v) is 2.19. The minimum absolute atomic E-state index is 0.00610. The van der Waals surface area contributed by atoms with Crippen molar-refractivity contribution < 1.29 is 19.1 Å². The monoisotopic (exact) mass is 289 g/mol. The maximum absolute atomic E-state index is 10.9. The predicted octanol–water partition coefficient (Wildman–Crippen LogP) is 2.72. The van der Waals surface area contributed by atoms with Gasteiger partial charge in [-0.25, -0.2) is 4.79 Å². The number of hydrogen-bond acceptors (Lipinski definition) is 4. The zero-order chi connectivity index (χ0) is 15.2. The first-order valence-corrected chi connectivity index (χ1v) is 6.71. The Morgan fingerprint density at radius 1 is 1.29 bits per heavy atom. The van der Waals surface area contributed by atoms with Gasteiger partial charge in [-0.1, -0.05) is 24.3 Å². The molecular formula is C16H19NO4. The molecule has 0 aliphatic carbocycles. The van der Waals surface area contributed by atoms with Gasteiger partial charge in [-0.3, -0.25) is 0 Å². The van der Waals surface area contributed by atoms with E-state index in [0.717, 1.165) is 11.1 Å². The molecule has 5 heteroatoms. The number of carboxylic acid groups (broad SMARTS) is 1. The molecule has 0 unspecified atom stereocenters. The lowest BCUT2D eigenvalue weighted by molar-refractivity contribution is 0.0659. The van der Waals surface area contributed by atoms with Crippen molar-refractivity contribution in [3.63, 3.8) is 0 Å². The van der Waals surface area contributed by atoms with Gasteiger partial charge in [0.15, 0.2) is 0 Å². The summed E-state index contributed by atoms with van der Waals surface area (Å²) in [6.07, 6.45) is 0. The smallest absolute Gasteiger partial charge is 0.372 e. The summed E-state index contributed by atoms with van der Waals surface area (Å²) < 4.78 is 10.5. The molecule has 112 valence electrons. The van der Waals surface area contributed by atoms with Crippen LogP contribution in [-0.2, 0) is 24.4 Å². The van der Waals surface area contributed by atoms with Gasteiger partial charge in [0.1, 0.15) is 5.76 Å². The van der Waals surface area contributed by atoms with E-state index in [4.69, 9.17) is 14.3 Å². The summed E-state index contributed by atoms with van der Waals surface area (Å²) in [4.78, 5) is 10.9. The van der Waals surface area contributed by atoms with Crippen molar-refractivity contribution in [2.75, 3.05) is 7.11 Å². The molecule has 0 saturated heterocycles. The second kappa shape index (κ2) is 7.06. The Morgan fingerprint density at radius 2 is 2.00 bits per heavy atom. The van der Waals surface area contributed by atoms with Crippen LogP contribution in [0.2, 0.25) is 0 Å². The van der Waals surface area contributed by atoms with E-state index < -0.39 is 5.97 Å². The average molecular weight is 289 g/mol. The number of hydrogen-bond donors (Lipinski definition) is 2. The number of nitrogens with one attached hydrogen (secondary N) is 1. The largest absolute Gasteiger partial charge is 0.475 e. The third-order valence-corrected chi connectivity index (χ3v) is 3.20. The Balaban J connectivity index is 1.95. The lowest BCUT2D eigenvalue weighted by atomic mass is 10.1. The van der Waals surface area contributed by atoms with Crippen molar-refractivity contribution in [3.05, 3.63) is 58.5 Å². The summed E-state index contributed by atoms with van der Waals surface area (Å²) in [5.41, 5.74) is 2.93. The number of furan rings is 1. The second-order valence-electron chi connectivity index (χ2n) is 4.84. The highest BCUT2D eigenvalue weighted by molar-refractivity contribution is 5.86. The molecule has 1 aromatic heterocycles. The summed E-state index contributed by atoms with van der Waals surface area (Å²) in [5.74, 6) is -0.412. The highest BCUT2D eigenvalue weighted by Gasteiger charge is 2.13. The Kier molecular flexibility index (Phi) is 5.14. The molecule has 0 radical (unpaired) electrons. The van der Waals surface area contributed by atoms with Gasteiger partial charge in [0.2, 0.25) is 5.76 Å². The summed E-state index contributed by atoms with van der Waals surface area (Å²) in [6.45, 7) is 3.45. The van der Waals surface area contributed by atoms with E-state index in [1.807, 2.05) is 24.3 Å². The van der Waals surface area contributed by atoms with Gasteiger partial charge in [0, 0.05) is 19.2 Å². The van der Waals surface area contributed by atoms with Crippen molar-refractivity contribution in [1.29, 1.82) is 0 Å². The maximum atomic E-state index is 10.9. The lowest BCUT2D eigenvalue weighted by Gasteiger charge is -2.09. The molecule has 5 nitrogen and oxygen atoms in total. The minimum atomic E-state index is -1.04. The van der Waals surface area contributed by atoms with Crippen LogP contribution in [0.5, 0.6) is 0 Å². The van der Waals surface area contributed by atoms with Crippen LogP contribution in [0, 0.1) is 6.92 Å². The van der Waals surface area contributed by atoms with E-state index >= 15 is 0 Å². The van der Waals surface area contributed by atoms with Crippen LogP contribution >= 0.6 is 0 Å². The molecule has 2 N–H and O–H groups in total. The van der Waals surface area contributed by atoms with Gasteiger partial charge in [-0.05, 0) is 24.1 Å². The molecule has 0 aliphatic rings. The van der Waals surface area contributed by atoms with Crippen LogP contribution in [0.25, 0.3) is 0 Å². The normalized spacial score (nSPS) is 10.8. The Labute approximate surface area is 123 Å². The molecule has 0 spiro atoms. The molecule has 2 rings (SSSR count). The van der Waals surface area contributed by atoms with Crippen molar-refractivity contribution >= 4 is 5.97 Å². The number of ether oxygens (including phenoxy) is 1. The van der Waals surface area contributed by atoms with E-state index in [1.54, 1.807) is 20.1 Å². The first-order valence-electron chi connectivity index (χ1n) is 6.71. The number of aryl methyl sites for hydroxylation is 1. The maximum Gasteiger partial charge on any atom is 0.372 e. The van der Waals surface area contributed by atoms with Crippen molar-refractivity contribution in [2.24, 2.45) is 0 Å². The average Bonchev–Trinajstić information content (AvgIpc) is 2.82. The van der Waals surface area contributed by atoms with Crippen LogP contribution < -0.4 is 5.32 Å². The predicted molar refractivity (Wildman–Crippen MR) is 78.1 cm³/mol.